The van der Waals surface area contributed by atoms with Crippen molar-refractivity contribution in [3.63, 3.8) is 0 Å². The molecule has 0 amide bonds. The first kappa shape index (κ1) is 22.2. The van der Waals surface area contributed by atoms with Gasteiger partial charge < -0.3 is 9.47 Å². The molecular formula is C27H21ClN2O3. The minimum atomic E-state index is -0.471. The second kappa shape index (κ2) is 10.1. The number of rotatable bonds is 6. The molecule has 0 N–H and O–H groups in total. The van der Waals surface area contributed by atoms with Crippen molar-refractivity contribution < 1.29 is 14.3 Å². The van der Waals surface area contributed by atoms with E-state index in [4.69, 9.17) is 21.1 Å². The number of esters is 1. The Morgan fingerprint density at radius 2 is 1.36 bits per heavy atom. The largest absolute Gasteiger partial charge is 0.497 e. The molecule has 0 saturated heterocycles. The highest BCUT2D eigenvalue weighted by molar-refractivity contribution is 6.33. The summed E-state index contributed by atoms with van der Waals surface area (Å²) in [6.45, 7) is 2.01. The molecule has 0 aliphatic carbocycles. The topological polar surface area (TPSA) is 60.2 Å². The highest BCUT2D eigenvalue weighted by atomic mass is 35.5. The van der Waals surface area contributed by atoms with Gasteiger partial charge in [-0.3, -0.25) is 0 Å². The molecule has 33 heavy (non-hydrogen) atoms. The van der Waals surface area contributed by atoms with Crippen LogP contribution in [0.5, 0.6) is 11.5 Å². The number of halogens is 1. The summed E-state index contributed by atoms with van der Waals surface area (Å²) in [7, 11) is 1.63. The summed E-state index contributed by atoms with van der Waals surface area (Å²) >= 11 is 6.31. The lowest BCUT2D eigenvalue weighted by Crippen LogP contribution is -2.08. The number of nitrogens with zero attached hydrogens (tertiary/aromatic N) is 2. The number of ether oxygens (including phenoxy) is 2. The maximum Gasteiger partial charge on any atom is 0.343 e. The zero-order valence-corrected chi connectivity index (χ0v) is 18.9. The standard InChI is InChI=1S/C27H21ClN2O3/c1-18-3-11-22(12-4-18)29-30-26-16-15-24(17-25(26)28)33-27(31)21-7-5-19(6-8-21)20-9-13-23(32-2)14-10-20/h3-17H,1-2H3. The maximum absolute atomic E-state index is 12.6. The minimum absolute atomic E-state index is 0.332. The lowest BCUT2D eigenvalue weighted by Gasteiger charge is -2.07. The Morgan fingerprint density at radius 1 is 0.758 bits per heavy atom. The van der Waals surface area contributed by atoms with Crippen LogP contribution in [0.3, 0.4) is 0 Å². The van der Waals surface area contributed by atoms with Crippen LogP contribution in [0.4, 0.5) is 11.4 Å². The predicted octanol–water partition coefficient (Wildman–Crippen LogP) is 7.96. The third-order valence-electron chi connectivity index (χ3n) is 4.98. The van der Waals surface area contributed by atoms with E-state index in [0.717, 1.165) is 28.1 Å². The molecule has 0 aliphatic rings. The van der Waals surface area contributed by atoms with Crippen molar-refractivity contribution in [3.05, 3.63) is 107 Å². The Kier molecular flexibility index (Phi) is 6.81. The lowest BCUT2D eigenvalue weighted by molar-refractivity contribution is 0.0735. The molecule has 0 unspecified atom stereocenters. The Labute approximate surface area is 197 Å². The fraction of sp³-hybridized carbons (Fsp3) is 0.0741. The van der Waals surface area contributed by atoms with E-state index in [0.29, 0.717) is 22.0 Å². The van der Waals surface area contributed by atoms with Crippen molar-refractivity contribution in [1.82, 2.24) is 0 Å². The monoisotopic (exact) mass is 456 g/mol. The number of carbonyl (C=O) groups excluding carboxylic acids is 1. The second-order valence-corrected chi connectivity index (χ2v) is 7.75. The SMILES string of the molecule is COc1ccc(-c2ccc(C(=O)Oc3ccc(N=Nc4ccc(C)cc4)c(Cl)c3)cc2)cc1. The number of azo groups is 1. The van der Waals surface area contributed by atoms with E-state index in [1.165, 1.54) is 0 Å². The molecule has 0 atom stereocenters. The number of methoxy groups -OCH3 is 1. The van der Waals surface area contributed by atoms with E-state index in [9.17, 15) is 4.79 Å². The molecule has 164 valence electrons. The highest BCUT2D eigenvalue weighted by Gasteiger charge is 2.11. The van der Waals surface area contributed by atoms with Crippen LogP contribution in [-0.2, 0) is 0 Å². The first-order valence-corrected chi connectivity index (χ1v) is 10.6. The van der Waals surface area contributed by atoms with Gasteiger partial charge in [-0.2, -0.15) is 5.11 Å². The molecule has 6 heteroatoms. The van der Waals surface area contributed by atoms with E-state index in [2.05, 4.69) is 10.2 Å². The molecule has 4 aromatic carbocycles. The van der Waals surface area contributed by atoms with Crippen molar-refractivity contribution in [1.29, 1.82) is 0 Å². The van der Waals surface area contributed by atoms with Gasteiger partial charge in [-0.05, 0) is 66.6 Å². The van der Waals surface area contributed by atoms with E-state index in [-0.39, 0.29) is 0 Å². The van der Waals surface area contributed by atoms with Gasteiger partial charge in [0.25, 0.3) is 0 Å². The van der Waals surface area contributed by atoms with Crippen LogP contribution in [-0.4, -0.2) is 13.1 Å². The average molecular weight is 457 g/mol. The summed E-state index contributed by atoms with van der Waals surface area (Å²) in [6, 6.07) is 27.5. The third-order valence-corrected chi connectivity index (χ3v) is 5.28. The number of carbonyl (C=O) groups is 1. The molecule has 0 spiro atoms. The predicted molar refractivity (Wildman–Crippen MR) is 130 cm³/mol. The fourth-order valence-electron chi connectivity index (χ4n) is 3.10. The van der Waals surface area contributed by atoms with E-state index in [1.54, 1.807) is 37.4 Å². The number of benzene rings is 4. The zero-order chi connectivity index (χ0) is 23.2. The Balaban J connectivity index is 1.42. The normalized spacial score (nSPS) is 10.9. The molecule has 5 nitrogen and oxygen atoms in total. The van der Waals surface area contributed by atoms with Gasteiger partial charge in [0, 0.05) is 6.07 Å². The van der Waals surface area contributed by atoms with Gasteiger partial charge in [0.15, 0.2) is 0 Å². The smallest absolute Gasteiger partial charge is 0.343 e. The number of hydrogen-bond acceptors (Lipinski definition) is 5. The second-order valence-electron chi connectivity index (χ2n) is 7.34. The Bertz CT molecular complexity index is 1280. The van der Waals surface area contributed by atoms with Crippen molar-refractivity contribution in [3.8, 4) is 22.6 Å². The zero-order valence-electron chi connectivity index (χ0n) is 18.2. The van der Waals surface area contributed by atoms with E-state index in [1.807, 2.05) is 67.6 Å². The minimum Gasteiger partial charge on any atom is -0.497 e. The molecule has 0 saturated carbocycles. The maximum atomic E-state index is 12.6. The van der Waals surface area contributed by atoms with Gasteiger partial charge in [-0.1, -0.05) is 53.6 Å². The molecule has 4 rings (SSSR count). The molecule has 0 aliphatic heterocycles. The summed E-state index contributed by atoms with van der Waals surface area (Å²) in [5.41, 5.74) is 4.81. The molecule has 0 radical (unpaired) electrons. The third kappa shape index (κ3) is 5.64. The van der Waals surface area contributed by atoms with Crippen LogP contribution in [0.25, 0.3) is 11.1 Å². The van der Waals surface area contributed by atoms with Crippen LogP contribution in [0.1, 0.15) is 15.9 Å². The van der Waals surface area contributed by atoms with Gasteiger partial charge in [0.1, 0.15) is 17.2 Å². The van der Waals surface area contributed by atoms with Gasteiger partial charge in [0.2, 0.25) is 0 Å². The number of aryl methyl sites for hydroxylation is 1. The fourth-order valence-corrected chi connectivity index (χ4v) is 3.31. The Morgan fingerprint density at radius 3 is 1.97 bits per heavy atom. The summed E-state index contributed by atoms with van der Waals surface area (Å²) in [5, 5.41) is 8.70. The number of hydrogen-bond donors (Lipinski definition) is 0. The summed E-state index contributed by atoms with van der Waals surface area (Å²) in [6.07, 6.45) is 0. The van der Waals surface area contributed by atoms with Crippen molar-refractivity contribution in [2.75, 3.05) is 7.11 Å². The molecule has 0 fully saturated rings. The highest BCUT2D eigenvalue weighted by Crippen LogP contribution is 2.31. The quantitative estimate of drug-likeness (QED) is 0.168. The van der Waals surface area contributed by atoms with Crippen molar-refractivity contribution in [2.24, 2.45) is 10.2 Å². The molecular weight excluding hydrogens is 436 g/mol. The van der Waals surface area contributed by atoms with Crippen LogP contribution >= 0.6 is 11.6 Å². The first-order chi connectivity index (χ1) is 16.0. The van der Waals surface area contributed by atoms with Gasteiger partial charge >= 0.3 is 5.97 Å². The van der Waals surface area contributed by atoms with Crippen molar-refractivity contribution in [2.45, 2.75) is 6.92 Å². The molecule has 0 aromatic heterocycles. The van der Waals surface area contributed by atoms with Gasteiger partial charge in [-0.15, -0.1) is 5.11 Å². The molecule has 0 heterocycles. The molecule has 4 aromatic rings. The van der Waals surface area contributed by atoms with Crippen LogP contribution in [0, 0.1) is 6.92 Å². The van der Waals surface area contributed by atoms with Crippen LogP contribution in [0.2, 0.25) is 5.02 Å². The van der Waals surface area contributed by atoms with Crippen LogP contribution in [0.15, 0.2) is 101 Å². The Hall–Kier alpha value is -3.96. The summed E-state index contributed by atoms with van der Waals surface area (Å²) in [5.74, 6) is 0.653. The molecule has 0 bridgehead atoms. The lowest BCUT2D eigenvalue weighted by atomic mass is 10.0. The van der Waals surface area contributed by atoms with Gasteiger partial charge in [0.05, 0.1) is 23.4 Å². The van der Waals surface area contributed by atoms with E-state index < -0.39 is 5.97 Å². The summed E-state index contributed by atoms with van der Waals surface area (Å²) in [4.78, 5) is 12.6. The first-order valence-electron chi connectivity index (χ1n) is 10.3. The van der Waals surface area contributed by atoms with Crippen LogP contribution < -0.4 is 9.47 Å². The van der Waals surface area contributed by atoms with E-state index >= 15 is 0 Å². The van der Waals surface area contributed by atoms with Gasteiger partial charge in [-0.25, -0.2) is 4.79 Å². The average Bonchev–Trinajstić information content (AvgIpc) is 2.85. The van der Waals surface area contributed by atoms with Crippen molar-refractivity contribution >= 4 is 28.9 Å². The summed E-state index contributed by atoms with van der Waals surface area (Å²) < 4.78 is 10.7.